The lowest BCUT2D eigenvalue weighted by molar-refractivity contribution is -0.274. The number of aryl methyl sites for hydroxylation is 1. The van der Waals surface area contributed by atoms with Crippen LogP contribution in [0.5, 0.6) is 5.75 Å². The summed E-state index contributed by atoms with van der Waals surface area (Å²) in [7, 11) is 1.50. The molecule has 0 bridgehead atoms. The van der Waals surface area contributed by atoms with Crippen LogP contribution in [0.1, 0.15) is 61.7 Å². The monoisotopic (exact) mass is 597 g/mol. The van der Waals surface area contributed by atoms with Gasteiger partial charge in [-0.05, 0) is 56.6 Å². The first-order valence-electron chi connectivity index (χ1n) is 13.0. The van der Waals surface area contributed by atoms with E-state index in [4.69, 9.17) is 19.2 Å². The molecule has 2 aromatic carbocycles. The number of nitrogens with zero attached hydrogens (tertiary/aromatic N) is 2. The minimum atomic E-state index is -4.89. The predicted octanol–water partition coefficient (Wildman–Crippen LogP) is 6.90. The lowest BCUT2D eigenvalue weighted by Gasteiger charge is -2.19. The van der Waals surface area contributed by atoms with Gasteiger partial charge in [0.25, 0.3) is 0 Å². The van der Waals surface area contributed by atoms with Crippen molar-refractivity contribution in [1.29, 1.82) is 0 Å². The SMILES string of the molecule is C=O.CCCc1onc(-c2ccccc2OC(F)(F)F)c1COC(CC)C(CC)=Nc1ccc(C(=O)O)cc1F.CN. The van der Waals surface area contributed by atoms with Gasteiger partial charge in [-0.3, -0.25) is 4.99 Å². The highest BCUT2D eigenvalue weighted by Gasteiger charge is 2.33. The number of ether oxygens (including phenoxy) is 2. The Bertz CT molecular complexity index is 1310. The van der Waals surface area contributed by atoms with E-state index in [9.17, 15) is 22.4 Å². The van der Waals surface area contributed by atoms with Crippen molar-refractivity contribution in [2.45, 2.75) is 65.5 Å². The Morgan fingerprint density at radius 3 is 2.36 bits per heavy atom. The molecule has 3 rings (SSSR count). The number of halogens is 4. The highest BCUT2D eigenvalue weighted by molar-refractivity contribution is 5.91. The Morgan fingerprint density at radius 1 is 1.14 bits per heavy atom. The summed E-state index contributed by atoms with van der Waals surface area (Å²) in [5.41, 5.74) is 5.56. The van der Waals surface area contributed by atoms with E-state index < -0.39 is 30.0 Å². The van der Waals surface area contributed by atoms with Crippen LogP contribution >= 0.6 is 0 Å². The van der Waals surface area contributed by atoms with Crippen molar-refractivity contribution in [3.63, 3.8) is 0 Å². The summed E-state index contributed by atoms with van der Waals surface area (Å²) in [6.45, 7) is 7.56. The molecular weight excluding hydrogens is 562 g/mol. The average molecular weight is 598 g/mol. The van der Waals surface area contributed by atoms with Gasteiger partial charge in [0.05, 0.1) is 24.0 Å². The maximum Gasteiger partial charge on any atom is 0.573 e. The number of benzene rings is 2. The Morgan fingerprint density at radius 2 is 1.81 bits per heavy atom. The first kappa shape index (κ1) is 35.9. The summed E-state index contributed by atoms with van der Waals surface area (Å²) in [4.78, 5) is 23.5. The van der Waals surface area contributed by atoms with Crippen molar-refractivity contribution < 1.29 is 46.3 Å². The summed E-state index contributed by atoms with van der Waals surface area (Å²) in [5, 5.41) is 13.1. The molecule has 13 heteroatoms. The van der Waals surface area contributed by atoms with Gasteiger partial charge in [-0.25, -0.2) is 9.18 Å². The smallest absolute Gasteiger partial charge is 0.478 e. The van der Waals surface area contributed by atoms with Gasteiger partial charge >= 0.3 is 12.3 Å². The van der Waals surface area contributed by atoms with Crippen molar-refractivity contribution >= 4 is 24.2 Å². The minimum absolute atomic E-state index is 0.0236. The van der Waals surface area contributed by atoms with E-state index in [0.717, 1.165) is 6.07 Å². The van der Waals surface area contributed by atoms with Gasteiger partial charge in [0.15, 0.2) is 0 Å². The standard InChI is InChI=1S/C27H28F4N2O5.CH5N.CH2O/c1-4-9-24-18(25(33-38-24)17-10-7-8-11-23(17)37-27(29,30)31)15-36-22(6-3)20(5-2)32-21-13-12-16(26(34)35)14-19(21)28;2*1-2/h7-8,10-14,22H,4-6,9,15H2,1-3H3,(H,34,35);2H2,1H3;1H2. The van der Waals surface area contributed by atoms with Crippen molar-refractivity contribution in [2.75, 3.05) is 7.05 Å². The molecule has 0 aliphatic rings. The fraction of sp³-hybridized carbons (Fsp3) is 0.379. The third kappa shape index (κ3) is 10.1. The van der Waals surface area contributed by atoms with Gasteiger partial charge < -0.3 is 29.6 Å². The van der Waals surface area contributed by atoms with Gasteiger partial charge in [-0.2, -0.15) is 0 Å². The van der Waals surface area contributed by atoms with Crippen molar-refractivity contribution in [3.8, 4) is 17.0 Å². The fourth-order valence-electron chi connectivity index (χ4n) is 3.90. The molecule has 0 amide bonds. The largest absolute Gasteiger partial charge is 0.573 e. The Hall–Kier alpha value is -4.10. The molecule has 3 N–H and O–H groups in total. The summed E-state index contributed by atoms with van der Waals surface area (Å²) in [6, 6.07) is 9.10. The molecule has 0 fully saturated rings. The quantitative estimate of drug-likeness (QED) is 0.170. The summed E-state index contributed by atoms with van der Waals surface area (Å²) < 4.78 is 69.3. The van der Waals surface area contributed by atoms with Crippen LogP contribution in [0, 0.1) is 5.82 Å². The number of carbonyl (C=O) groups excluding carboxylic acids is 1. The number of rotatable bonds is 12. The topological polar surface area (TPSA) is 137 Å². The second-order valence-electron chi connectivity index (χ2n) is 8.36. The second-order valence-corrected chi connectivity index (χ2v) is 8.36. The molecule has 0 radical (unpaired) electrons. The van der Waals surface area contributed by atoms with Crippen LogP contribution in [0.2, 0.25) is 0 Å². The zero-order valence-corrected chi connectivity index (χ0v) is 23.8. The number of hydrogen-bond acceptors (Lipinski definition) is 8. The van der Waals surface area contributed by atoms with E-state index >= 15 is 0 Å². The minimum Gasteiger partial charge on any atom is -0.478 e. The zero-order valence-electron chi connectivity index (χ0n) is 23.8. The maximum atomic E-state index is 14.5. The number of carboxylic acids is 1. The van der Waals surface area contributed by atoms with Crippen LogP contribution in [-0.2, 0) is 22.6 Å². The Labute approximate surface area is 241 Å². The number of alkyl halides is 3. The van der Waals surface area contributed by atoms with Crippen LogP contribution < -0.4 is 10.5 Å². The number of hydrogen-bond donors (Lipinski definition) is 2. The molecule has 1 atom stereocenters. The van der Waals surface area contributed by atoms with Gasteiger partial charge in [0, 0.05) is 23.3 Å². The Kier molecular flexibility index (Phi) is 15.1. The number of aromatic nitrogens is 1. The van der Waals surface area contributed by atoms with Crippen molar-refractivity contribution in [3.05, 3.63) is 65.2 Å². The molecule has 1 heterocycles. The average Bonchev–Trinajstić information content (AvgIpc) is 3.37. The molecule has 9 nitrogen and oxygen atoms in total. The molecule has 0 saturated heterocycles. The molecule has 230 valence electrons. The number of para-hydroxylation sites is 1. The molecule has 42 heavy (non-hydrogen) atoms. The van der Waals surface area contributed by atoms with Crippen LogP contribution in [0.4, 0.5) is 23.2 Å². The van der Waals surface area contributed by atoms with Crippen molar-refractivity contribution in [2.24, 2.45) is 10.7 Å². The van der Waals surface area contributed by atoms with E-state index in [-0.39, 0.29) is 29.1 Å². The van der Waals surface area contributed by atoms with Crippen molar-refractivity contribution in [1.82, 2.24) is 5.16 Å². The molecule has 0 aliphatic heterocycles. The molecule has 3 aromatic rings. The number of aliphatic imine (C=N–C) groups is 1. The molecule has 1 unspecified atom stereocenters. The summed E-state index contributed by atoms with van der Waals surface area (Å²) >= 11 is 0. The van der Waals surface area contributed by atoms with E-state index in [1.165, 1.54) is 37.4 Å². The molecule has 0 spiro atoms. The van der Waals surface area contributed by atoms with Crippen LogP contribution in [0.25, 0.3) is 11.3 Å². The van der Waals surface area contributed by atoms with E-state index in [1.807, 2.05) is 27.6 Å². The normalized spacial score (nSPS) is 12.0. The first-order valence-corrected chi connectivity index (χ1v) is 13.0. The fourth-order valence-corrected chi connectivity index (χ4v) is 3.90. The molecule has 0 aliphatic carbocycles. The lowest BCUT2D eigenvalue weighted by atomic mass is 10.0. The third-order valence-electron chi connectivity index (χ3n) is 5.71. The van der Waals surface area contributed by atoms with Crippen LogP contribution in [0.15, 0.2) is 52.0 Å². The highest BCUT2D eigenvalue weighted by Crippen LogP contribution is 2.36. The molecule has 0 saturated carbocycles. The van der Waals surface area contributed by atoms with Crippen LogP contribution in [0.3, 0.4) is 0 Å². The maximum absolute atomic E-state index is 14.5. The van der Waals surface area contributed by atoms with E-state index in [0.29, 0.717) is 42.7 Å². The van der Waals surface area contributed by atoms with Gasteiger partial charge in [0.1, 0.15) is 29.8 Å². The first-order chi connectivity index (χ1) is 20.1. The highest BCUT2D eigenvalue weighted by atomic mass is 19.4. The van der Waals surface area contributed by atoms with Crippen LogP contribution in [-0.4, -0.2) is 48.2 Å². The third-order valence-corrected chi connectivity index (χ3v) is 5.71. The number of carbonyl (C=O) groups is 2. The zero-order chi connectivity index (χ0) is 31.9. The van der Waals surface area contributed by atoms with Gasteiger partial charge in [0.2, 0.25) is 0 Å². The van der Waals surface area contributed by atoms with Gasteiger partial charge in [-0.1, -0.05) is 38.1 Å². The Balaban J connectivity index is 0.00000211. The summed E-state index contributed by atoms with van der Waals surface area (Å²) in [6.07, 6.45) is -3.37. The second kappa shape index (κ2) is 17.7. The predicted molar refractivity (Wildman–Crippen MR) is 149 cm³/mol. The molecule has 1 aromatic heterocycles. The number of aromatic carboxylic acids is 1. The number of carboxylic acid groups (broad SMARTS) is 1. The molecular formula is C29H35F4N3O6. The van der Waals surface area contributed by atoms with E-state index in [1.54, 1.807) is 6.07 Å². The summed E-state index contributed by atoms with van der Waals surface area (Å²) in [5.74, 6) is -1.97. The lowest BCUT2D eigenvalue weighted by Crippen LogP contribution is -2.23. The number of nitrogens with two attached hydrogens (primary N) is 1. The van der Waals surface area contributed by atoms with Gasteiger partial charge in [-0.15, -0.1) is 13.2 Å². The van der Waals surface area contributed by atoms with E-state index in [2.05, 4.69) is 20.6 Å².